The van der Waals surface area contributed by atoms with Crippen molar-refractivity contribution in [2.45, 2.75) is 40.5 Å². The Hall–Kier alpha value is -7.36. The molecule has 3 amide bonds. The number of amides is 3. The van der Waals surface area contributed by atoms with E-state index < -0.39 is 25.7 Å². The normalized spacial score (nSPS) is 11.7. The molecular formula is C38H38BrN7O14. The van der Waals surface area contributed by atoms with Crippen molar-refractivity contribution in [2.75, 3.05) is 41.9 Å². The maximum absolute atomic E-state index is 11.4. The highest BCUT2D eigenvalue weighted by Crippen LogP contribution is 2.40. The van der Waals surface area contributed by atoms with Crippen LogP contribution in [0.25, 0.3) is 0 Å². The lowest BCUT2D eigenvalue weighted by Gasteiger charge is -2.14. The molecule has 0 atom stereocenters. The number of fused-ring (bicyclic) bond motifs is 2. The summed E-state index contributed by atoms with van der Waals surface area (Å²) in [6.45, 7) is 6.43. The van der Waals surface area contributed by atoms with Gasteiger partial charge in [0.1, 0.15) is 22.8 Å². The number of nitro groups is 4. The van der Waals surface area contributed by atoms with Crippen molar-refractivity contribution in [3.63, 3.8) is 0 Å². The van der Waals surface area contributed by atoms with Crippen molar-refractivity contribution < 1.29 is 48.3 Å². The number of halogens is 1. The quantitative estimate of drug-likeness (QED) is 0.0792. The lowest BCUT2D eigenvalue weighted by atomic mass is 10.1. The molecule has 0 radical (unpaired) electrons. The van der Waals surface area contributed by atoms with Crippen LogP contribution in [-0.4, -0.2) is 70.6 Å². The molecule has 0 spiro atoms. The molecule has 0 aliphatic carbocycles. The number of methoxy groups -OCH3 is 1. The number of nitro benzene ring substituents is 4. The molecule has 2 aliphatic rings. The molecule has 0 aromatic heterocycles. The van der Waals surface area contributed by atoms with Gasteiger partial charge in [-0.3, -0.25) is 59.6 Å². The summed E-state index contributed by atoms with van der Waals surface area (Å²) in [5.41, 5.74) is 2.57. The average molecular weight is 897 g/mol. The Labute approximate surface area is 349 Å². The molecule has 60 heavy (non-hydrogen) atoms. The second-order valence-corrected chi connectivity index (χ2v) is 13.5. The SMILES string of the molecule is CC(=O)N(C)c1ccccc1[N+](=O)[O-].CC(=O)N1CCc2cc(Br)cc([N+](=O)[O-])c21.CC(=O)N1CCc2cccc([N+](=O)[O-])c21.COc1ccc(OC(C)=O)c([N+](=O)[O-])c1. The topological polar surface area (TPSA) is 269 Å². The Kier molecular flexibility index (Phi) is 16.4. The molecule has 316 valence electrons. The number of ether oxygens (including phenoxy) is 2. The van der Waals surface area contributed by atoms with Crippen LogP contribution in [0.1, 0.15) is 38.8 Å². The van der Waals surface area contributed by atoms with Gasteiger partial charge in [0.25, 0.3) is 17.1 Å². The predicted molar refractivity (Wildman–Crippen MR) is 220 cm³/mol. The van der Waals surface area contributed by atoms with Crippen molar-refractivity contribution in [3.05, 3.63) is 129 Å². The Morgan fingerprint density at radius 3 is 1.67 bits per heavy atom. The van der Waals surface area contributed by atoms with Crippen LogP contribution in [0.2, 0.25) is 0 Å². The first-order valence-electron chi connectivity index (χ1n) is 17.5. The zero-order valence-electron chi connectivity index (χ0n) is 33.0. The van der Waals surface area contributed by atoms with Gasteiger partial charge >= 0.3 is 11.7 Å². The molecule has 22 heteroatoms. The largest absolute Gasteiger partial charge is 0.496 e. The molecule has 0 bridgehead atoms. The van der Waals surface area contributed by atoms with Crippen LogP contribution in [0.5, 0.6) is 11.5 Å². The van der Waals surface area contributed by atoms with Crippen LogP contribution < -0.4 is 24.2 Å². The van der Waals surface area contributed by atoms with E-state index in [1.165, 1.54) is 93.0 Å². The maximum Gasteiger partial charge on any atom is 0.315 e. The van der Waals surface area contributed by atoms with Gasteiger partial charge in [-0.1, -0.05) is 40.2 Å². The van der Waals surface area contributed by atoms with Crippen molar-refractivity contribution >= 4 is 79.4 Å². The first-order chi connectivity index (χ1) is 28.2. The Bertz CT molecular complexity index is 2360. The molecule has 0 unspecified atom stereocenters. The van der Waals surface area contributed by atoms with Gasteiger partial charge in [-0.05, 0) is 48.2 Å². The summed E-state index contributed by atoms with van der Waals surface area (Å²) < 4.78 is 10.2. The molecule has 2 aliphatic heterocycles. The van der Waals surface area contributed by atoms with E-state index in [0.29, 0.717) is 53.2 Å². The molecular weight excluding hydrogens is 858 g/mol. The number of rotatable bonds is 7. The monoisotopic (exact) mass is 895 g/mol. The number of benzene rings is 4. The Morgan fingerprint density at radius 1 is 0.650 bits per heavy atom. The maximum atomic E-state index is 11.4. The number of esters is 1. The minimum Gasteiger partial charge on any atom is -0.496 e. The van der Waals surface area contributed by atoms with Gasteiger partial charge in [0.2, 0.25) is 23.5 Å². The van der Waals surface area contributed by atoms with Crippen molar-refractivity contribution in [1.29, 1.82) is 0 Å². The molecule has 4 aromatic carbocycles. The third-order valence-corrected chi connectivity index (χ3v) is 9.12. The van der Waals surface area contributed by atoms with Gasteiger partial charge in [-0.2, -0.15) is 0 Å². The lowest BCUT2D eigenvalue weighted by Crippen LogP contribution is -2.26. The minimum absolute atomic E-state index is 0.0141. The van der Waals surface area contributed by atoms with Gasteiger partial charge in [-0.25, -0.2) is 0 Å². The summed E-state index contributed by atoms with van der Waals surface area (Å²) >= 11 is 3.23. The molecule has 0 N–H and O–H groups in total. The molecule has 2 heterocycles. The number of carbonyl (C=O) groups excluding carboxylic acids is 4. The van der Waals surface area contributed by atoms with E-state index in [0.717, 1.165) is 11.1 Å². The third kappa shape index (κ3) is 11.8. The molecule has 0 fully saturated rings. The summed E-state index contributed by atoms with van der Waals surface area (Å²) in [6, 6.07) is 18.3. The number of nitrogens with zero attached hydrogens (tertiary/aromatic N) is 7. The second kappa shape index (κ2) is 20.9. The average Bonchev–Trinajstić information content (AvgIpc) is 3.83. The van der Waals surface area contributed by atoms with E-state index in [9.17, 15) is 59.6 Å². The second-order valence-electron chi connectivity index (χ2n) is 12.6. The van der Waals surface area contributed by atoms with Crippen LogP contribution in [0.4, 0.5) is 39.8 Å². The van der Waals surface area contributed by atoms with Crippen molar-refractivity contribution in [3.8, 4) is 11.5 Å². The molecule has 4 aromatic rings. The lowest BCUT2D eigenvalue weighted by molar-refractivity contribution is -0.385. The molecule has 0 saturated carbocycles. The summed E-state index contributed by atoms with van der Waals surface area (Å²) in [5.74, 6) is -0.916. The summed E-state index contributed by atoms with van der Waals surface area (Å²) in [7, 11) is 2.90. The zero-order chi connectivity index (χ0) is 45.0. The highest BCUT2D eigenvalue weighted by atomic mass is 79.9. The fourth-order valence-electron chi connectivity index (χ4n) is 5.92. The number of carbonyl (C=O) groups is 4. The molecule has 21 nitrogen and oxygen atoms in total. The van der Waals surface area contributed by atoms with Crippen LogP contribution in [-0.2, 0) is 32.0 Å². The number of hydrogen-bond donors (Lipinski definition) is 0. The van der Waals surface area contributed by atoms with E-state index in [2.05, 4.69) is 20.7 Å². The van der Waals surface area contributed by atoms with Crippen LogP contribution >= 0.6 is 15.9 Å². The van der Waals surface area contributed by atoms with Crippen LogP contribution in [0, 0.1) is 40.5 Å². The van der Waals surface area contributed by atoms with Crippen molar-refractivity contribution in [2.24, 2.45) is 0 Å². The van der Waals surface area contributed by atoms with E-state index in [1.54, 1.807) is 24.3 Å². The summed E-state index contributed by atoms with van der Waals surface area (Å²) in [5, 5.41) is 43.0. The van der Waals surface area contributed by atoms with Gasteiger partial charge < -0.3 is 24.2 Å². The van der Waals surface area contributed by atoms with Crippen molar-refractivity contribution in [1.82, 2.24) is 0 Å². The summed E-state index contributed by atoms with van der Waals surface area (Å²) in [4.78, 5) is 89.4. The van der Waals surface area contributed by atoms with Crippen LogP contribution in [0.3, 0.4) is 0 Å². The van der Waals surface area contributed by atoms with Gasteiger partial charge in [-0.15, -0.1) is 0 Å². The van der Waals surface area contributed by atoms with Gasteiger partial charge in [0.05, 0.1) is 32.9 Å². The standard InChI is InChI=1S/C10H9BrN2O3.C10H10N2O3.C9H10N2O3.C9H9NO5/c1-6(14)12-3-2-7-4-8(11)5-9(10(7)12)13(15)16;1-7(13)11-6-5-8-3-2-4-9(10(8)11)12(14)15;1-7(12)10(2)8-5-3-4-6-9(8)11(13)14;1-6(11)15-9-4-3-7(14-2)5-8(9)10(12)13/h4-5H,2-3H2,1H3;2-4H,5-6H2,1H3;3-6H,1-2H3;3-5H,1-2H3. The smallest absolute Gasteiger partial charge is 0.315 e. The highest BCUT2D eigenvalue weighted by Gasteiger charge is 2.32. The van der Waals surface area contributed by atoms with Gasteiger partial charge in [0, 0.05) is 70.5 Å². The Morgan fingerprint density at radius 2 is 1.17 bits per heavy atom. The number of anilines is 3. The van der Waals surface area contributed by atoms with Gasteiger partial charge in [0.15, 0.2) is 0 Å². The highest BCUT2D eigenvalue weighted by molar-refractivity contribution is 9.10. The summed E-state index contributed by atoms with van der Waals surface area (Å²) in [6.07, 6.45) is 1.35. The van der Waals surface area contributed by atoms with E-state index >= 15 is 0 Å². The minimum atomic E-state index is -0.638. The fourth-order valence-corrected chi connectivity index (χ4v) is 6.41. The molecule has 0 saturated heterocycles. The van der Waals surface area contributed by atoms with Crippen LogP contribution in [0.15, 0.2) is 77.3 Å². The van der Waals surface area contributed by atoms with E-state index in [4.69, 9.17) is 4.74 Å². The number of para-hydroxylation sites is 3. The number of hydrogen-bond acceptors (Lipinski definition) is 14. The van der Waals surface area contributed by atoms with E-state index in [1.807, 2.05) is 12.1 Å². The first-order valence-corrected chi connectivity index (χ1v) is 18.3. The molecule has 6 rings (SSSR count). The Balaban J connectivity index is 0.000000214. The predicted octanol–water partition coefficient (Wildman–Crippen LogP) is 6.88. The zero-order valence-corrected chi connectivity index (χ0v) is 34.6. The van der Waals surface area contributed by atoms with E-state index in [-0.39, 0.29) is 46.2 Å². The fraction of sp³-hybridized carbons (Fsp3) is 0.263. The first kappa shape index (κ1) is 47.0. The third-order valence-electron chi connectivity index (χ3n) is 8.66.